The summed E-state index contributed by atoms with van der Waals surface area (Å²) in [5, 5.41) is 0.801. The van der Waals surface area contributed by atoms with Gasteiger partial charge >= 0.3 is 0 Å². The number of aromatic nitrogens is 1. The van der Waals surface area contributed by atoms with E-state index in [2.05, 4.69) is 4.98 Å². The van der Waals surface area contributed by atoms with Crippen LogP contribution >= 0.6 is 11.8 Å². The lowest BCUT2D eigenvalue weighted by Crippen LogP contribution is -2.45. The molecule has 0 spiro atoms. The predicted octanol–water partition coefficient (Wildman–Crippen LogP) is 2.65. The minimum atomic E-state index is -0.236. The van der Waals surface area contributed by atoms with Crippen molar-refractivity contribution in [3.8, 4) is 0 Å². The number of rotatable bonds is 4. The molecule has 1 aromatic carbocycles. The van der Waals surface area contributed by atoms with Crippen LogP contribution in [0.3, 0.4) is 0 Å². The second-order valence-electron chi connectivity index (χ2n) is 6.70. The molecule has 2 atom stereocenters. The van der Waals surface area contributed by atoms with Gasteiger partial charge in [0, 0.05) is 41.9 Å². The van der Waals surface area contributed by atoms with Gasteiger partial charge in [-0.1, -0.05) is 18.2 Å². The second kappa shape index (κ2) is 7.22. The molecule has 2 aliphatic rings. The molecule has 1 amide bonds. The maximum atomic E-state index is 13.4. The van der Waals surface area contributed by atoms with Gasteiger partial charge in [-0.2, -0.15) is 11.8 Å². The monoisotopic (exact) mass is 358 g/mol. The molecule has 3 heterocycles. The molecule has 2 aliphatic heterocycles. The maximum absolute atomic E-state index is 13.4. The van der Waals surface area contributed by atoms with Crippen molar-refractivity contribution in [2.24, 2.45) is 0 Å². The number of carbonyl (C=O) groups excluding carboxylic acids is 1. The Labute approximate surface area is 150 Å². The van der Waals surface area contributed by atoms with Crippen LogP contribution in [0.4, 0.5) is 0 Å². The van der Waals surface area contributed by atoms with Gasteiger partial charge in [-0.05, 0) is 31.1 Å². The summed E-state index contributed by atoms with van der Waals surface area (Å²) in [4.78, 5) is 30.2. The minimum Gasteiger partial charge on any atom is -0.376 e. The summed E-state index contributed by atoms with van der Waals surface area (Å²) >= 11 is 1.89. The number of fused-ring (bicyclic) bond motifs is 1. The van der Waals surface area contributed by atoms with Crippen molar-refractivity contribution < 1.29 is 9.53 Å². The van der Waals surface area contributed by atoms with Gasteiger partial charge in [-0.25, -0.2) is 0 Å². The third-order valence-corrected chi connectivity index (χ3v) is 6.16. The molecule has 0 bridgehead atoms. The molecule has 0 saturated carbocycles. The molecule has 2 unspecified atom stereocenters. The molecule has 2 saturated heterocycles. The minimum absolute atomic E-state index is 0.0506. The van der Waals surface area contributed by atoms with Crippen LogP contribution in [0.15, 0.2) is 35.1 Å². The summed E-state index contributed by atoms with van der Waals surface area (Å²) in [6.45, 7) is 1.39. The highest BCUT2D eigenvalue weighted by Gasteiger charge is 2.32. The first kappa shape index (κ1) is 16.7. The highest BCUT2D eigenvalue weighted by molar-refractivity contribution is 7.99. The summed E-state index contributed by atoms with van der Waals surface area (Å²) in [6, 6.07) is 9.15. The third kappa shape index (κ3) is 3.46. The summed E-state index contributed by atoms with van der Waals surface area (Å²) in [5.41, 5.74) is 0.963. The van der Waals surface area contributed by atoms with E-state index in [9.17, 15) is 9.59 Å². The molecule has 6 heteroatoms. The van der Waals surface area contributed by atoms with Crippen molar-refractivity contribution in [1.82, 2.24) is 9.88 Å². The Kier molecular flexibility index (Phi) is 4.81. The molecular formula is C19H22N2O3S. The summed E-state index contributed by atoms with van der Waals surface area (Å²) in [7, 11) is 0. The Balaban J connectivity index is 1.71. The zero-order chi connectivity index (χ0) is 17.2. The number of pyridine rings is 1. The van der Waals surface area contributed by atoms with E-state index in [0.29, 0.717) is 17.6 Å². The van der Waals surface area contributed by atoms with Gasteiger partial charge in [0.05, 0.1) is 11.7 Å². The summed E-state index contributed by atoms with van der Waals surface area (Å²) < 4.78 is 5.77. The first-order valence-corrected chi connectivity index (χ1v) is 10.0. The highest BCUT2D eigenvalue weighted by atomic mass is 32.2. The Morgan fingerprint density at radius 3 is 2.96 bits per heavy atom. The lowest BCUT2D eigenvalue weighted by atomic mass is 10.1. The zero-order valence-corrected chi connectivity index (χ0v) is 14.9. The van der Waals surface area contributed by atoms with Crippen LogP contribution in [0, 0.1) is 0 Å². The fourth-order valence-corrected chi connectivity index (χ4v) is 4.93. The number of benzene rings is 1. The Morgan fingerprint density at radius 1 is 1.32 bits per heavy atom. The molecule has 1 N–H and O–H groups in total. The van der Waals surface area contributed by atoms with Crippen molar-refractivity contribution in [3.05, 3.63) is 46.2 Å². The number of nitrogens with one attached hydrogen (secondary N) is 1. The molecule has 2 aromatic rings. The van der Waals surface area contributed by atoms with Gasteiger partial charge in [0.15, 0.2) is 0 Å². The van der Waals surface area contributed by atoms with Crippen LogP contribution in [0.25, 0.3) is 10.9 Å². The number of thioether (sulfide) groups is 1. The van der Waals surface area contributed by atoms with E-state index < -0.39 is 0 Å². The molecule has 0 radical (unpaired) electrons. The molecule has 132 valence electrons. The second-order valence-corrected chi connectivity index (χ2v) is 7.85. The standard InChI is InChI=1S/C19H22N2O3S/c22-18-10-16(15-5-1-2-6-17(15)20-18)19(23)21(13-7-9-25-12-13)11-14-4-3-8-24-14/h1-2,5-6,10,13-14H,3-4,7-9,11-12H2,(H,20,22). The highest BCUT2D eigenvalue weighted by Crippen LogP contribution is 2.27. The predicted molar refractivity (Wildman–Crippen MR) is 100 cm³/mol. The molecule has 1 aromatic heterocycles. The van der Waals surface area contributed by atoms with E-state index in [0.717, 1.165) is 42.8 Å². The van der Waals surface area contributed by atoms with E-state index in [1.807, 2.05) is 40.9 Å². The van der Waals surface area contributed by atoms with Crippen LogP contribution in [0.2, 0.25) is 0 Å². The third-order valence-electron chi connectivity index (χ3n) is 5.01. The number of nitrogens with zero attached hydrogens (tertiary/aromatic N) is 1. The summed E-state index contributed by atoms with van der Waals surface area (Å²) in [6.07, 6.45) is 3.17. The maximum Gasteiger partial charge on any atom is 0.255 e. The Morgan fingerprint density at radius 2 is 2.20 bits per heavy atom. The van der Waals surface area contributed by atoms with E-state index in [4.69, 9.17) is 4.74 Å². The summed E-state index contributed by atoms with van der Waals surface area (Å²) in [5.74, 6) is 1.99. The van der Waals surface area contributed by atoms with Crippen molar-refractivity contribution in [2.75, 3.05) is 24.7 Å². The molecule has 5 nitrogen and oxygen atoms in total. The van der Waals surface area contributed by atoms with Crippen LogP contribution in [0.1, 0.15) is 29.6 Å². The number of amides is 1. The number of hydrogen-bond acceptors (Lipinski definition) is 4. The number of para-hydroxylation sites is 1. The lowest BCUT2D eigenvalue weighted by molar-refractivity contribution is 0.0443. The first-order valence-electron chi connectivity index (χ1n) is 8.85. The molecule has 4 rings (SSSR count). The topological polar surface area (TPSA) is 62.4 Å². The van der Waals surface area contributed by atoms with Gasteiger partial charge in [0.25, 0.3) is 5.91 Å². The van der Waals surface area contributed by atoms with E-state index in [1.165, 1.54) is 6.07 Å². The van der Waals surface area contributed by atoms with Crippen LogP contribution in [-0.2, 0) is 4.74 Å². The number of hydrogen-bond donors (Lipinski definition) is 1. The fourth-order valence-electron chi connectivity index (χ4n) is 3.71. The molecule has 25 heavy (non-hydrogen) atoms. The number of ether oxygens (including phenoxy) is 1. The first-order chi connectivity index (χ1) is 12.2. The van der Waals surface area contributed by atoms with E-state index in [-0.39, 0.29) is 23.6 Å². The molecule has 0 aliphatic carbocycles. The van der Waals surface area contributed by atoms with Crippen molar-refractivity contribution >= 4 is 28.6 Å². The SMILES string of the molecule is O=C(c1cc(=O)[nH]c2ccccc12)N(CC1CCCO1)C1CCSC1. The fraction of sp³-hybridized carbons (Fsp3) is 0.474. The van der Waals surface area contributed by atoms with Crippen molar-refractivity contribution in [1.29, 1.82) is 0 Å². The van der Waals surface area contributed by atoms with Gasteiger partial charge < -0.3 is 14.6 Å². The number of aromatic amines is 1. The quantitative estimate of drug-likeness (QED) is 0.913. The lowest BCUT2D eigenvalue weighted by Gasteiger charge is -2.31. The average molecular weight is 358 g/mol. The van der Waals surface area contributed by atoms with E-state index >= 15 is 0 Å². The normalized spacial score (nSPS) is 23.2. The van der Waals surface area contributed by atoms with Gasteiger partial charge in [-0.3, -0.25) is 9.59 Å². The van der Waals surface area contributed by atoms with Crippen LogP contribution in [-0.4, -0.2) is 52.6 Å². The van der Waals surface area contributed by atoms with Crippen molar-refractivity contribution in [3.63, 3.8) is 0 Å². The number of H-pyrrole nitrogens is 1. The van der Waals surface area contributed by atoms with Crippen molar-refractivity contribution in [2.45, 2.75) is 31.4 Å². The smallest absolute Gasteiger partial charge is 0.255 e. The zero-order valence-electron chi connectivity index (χ0n) is 14.1. The van der Waals surface area contributed by atoms with Gasteiger partial charge in [0.1, 0.15) is 0 Å². The van der Waals surface area contributed by atoms with E-state index in [1.54, 1.807) is 0 Å². The van der Waals surface area contributed by atoms with Gasteiger partial charge in [-0.15, -0.1) is 0 Å². The van der Waals surface area contributed by atoms with Crippen LogP contribution < -0.4 is 5.56 Å². The molecular weight excluding hydrogens is 336 g/mol. The Bertz CT molecular complexity index is 823. The van der Waals surface area contributed by atoms with Gasteiger partial charge in [0.2, 0.25) is 5.56 Å². The average Bonchev–Trinajstić information content (AvgIpc) is 3.32. The molecule has 2 fully saturated rings. The van der Waals surface area contributed by atoms with Crippen LogP contribution in [0.5, 0.6) is 0 Å². The Hall–Kier alpha value is -1.79. The number of carbonyl (C=O) groups is 1. The largest absolute Gasteiger partial charge is 0.376 e.